The molecular weight excluding hydrogens is 427 g/mol. The maximum absolute atomic E-state index is 14.6. The van der Waals surface area contributed by atoms with Crippen molar-refractivity contribution in [2.45, 2.75) is 57.2 Å². The zero-order valence-electron chi connectivity index (χ0n) is 19.3. The van der Waals surface area contributed by atoms with Crippen molar-refractivity contribution in [2.75, 3.05) is 0 Å². The summed E-state index contributed by atoms with van der Waals surface area (Å²) in [6.07, 6.45) is 4.62. The average Bonchev–Trinajstić information content (AvgIpc) is 3.36. The predicted molar refractivity (Wildman–Crippen MR) is 131 cm³/mol. The largest absolute Gasteiger partial charge is 0.352 e. The lowest BCUT2D eigenvalue weighted by molar-refractivity contribution is -0.141. The summed E-state index contributed by atoms with van der Waals surface area (Å²) in [4.78, 5) is 28.8. The minimum Gasteiger partial charge on any atom is -0.352 e. The van der Waals surface area contributed by atoms with Gasteiger partial charge in [0.25, 0.3) is 0 Å². The fourth-order valence-corrected chi connectivity index (χ4v) is 4.60. The van der Waals surface area contributed by atoms with E-state index in [0.717, 1.165) is 36.8 Å². The Morgan fingerprint density at radius 3 is 2.09 bits per heavy atom. The third-order valence-electron chi connectivity index (χ3n) is 6.47. The van der Waals surface area contributed by atoms with E-state index in [4.69, 9.17) is 0 Å². The van der Waals surface area contributed by atoms with Crippen molar-refractivity contribution in [1.29, 1.82) is 0 Å². The zero-order valence-corrected chi connectivity index (χ0v) is 19.3. The van der Waals surface area contributed by atoms with Crippen LogP contribution in [0.5, 0.6) is 0 Å². The van der Waals surface area contributed by atoms with E-state index in [1.165, 1.54) is 6.07 Å². The van der Waals surface area contributed by atoms with E-state index in [-0.39, 0.29) is 36.6 Å². The first-order chi connectivity index (χ1) is 16.6. The van der Waals surface area contributed by atoms with Gasteiger partial charge in [-0.3, -0.25) is 9.59 Å². The number of nitrogens with one attached hydrogen (secondary N) is 1. The highest BCUT2D eigenvalue weighted by atomic mass is 19.1. The number of halogens is 1. The third kappa shape index (κ3) is 6.31. The van der Waals surface area contributed by atoms with Crippen LogP contribution in [0.3, 0.4) is 0 Å². The van der Waals surface area contributed by atoms with E-state index in [1.807, 2.05) is 60.7 Å². The van der Waals surface area contributed by atoms with Gasteiger partial charge in [0, 0.05) is 24.6 Å². The monoisotopic (exact) mass is 458 g/mol. The Kier molecular flexibility index (Phi) is 8.08. The molecule has 0 aliphatic heterocycles. The number of hydrogen-bond acceptors (Lipinski definition) is 2. The molecule has 1 atom stereocenters. The minimum atomic E-state index is -0.737. The molecule has 1 saturated carbocycles. The van der Waals surface area contributed by atoms with Crippen molar-refractivity contribution in [3.8, 4) is 0 Å². The molecule has 4 rings (SSSR count). The Bertz CT molecular complexity index is 1080. The van der Waals surface area contributed by atoms with Crippen LogP contribution in [0.1, 0.15) is 42.4 Å². The van der Waals surface area contributed by atoms with Crippen molar-refractivity contribution in [3.05, 3.63) is 107 Å². The fraction of sp³-hybridized carbons (Fsp3) is 0.310. The minimum absolute atomic E-state index is 0.0356. The molecule has 3 aromatic rings. The molecule has 3 aromatic carbocycles. The Hall–Kier alpha value is -3.47. The van der Waals surface area contributed by atoms with Gasteiger partial charge in [0.15, 0.2) is 0 Å². The smallest absolute Gasteiger partial charge is 0.243 e. The lowest BCUT2D eigenvalue weighted by Crippen LogP contribution is -2.52. The summed E-state index contributed by atoms with van der Waals surface area (Å²) in [6.45, 7) is 0.0356. The van der Waals surface area contributed by atoms with Crippen molar-refractivity contribution in [1.82, 2.24) is 10.2 Å². The van der Waals surface area contributed by atoms with Gasteiger partial charge in [0.2, 0.25) is 11.8 Å². The number of nitrogens with zero attached hydrogens (tertiary/aromatic N) is 1. The average molecular weight is 459 g/mol. The standard InChI is InChI=1S/C29H31FN2O2/c30-26-18-10-7-15-24(26)21-32(28(33)20-23-13-5-2-6-14-23)27(19-22-11-3-1-4-12-22)29(34)31-25-16-8-9-17-25/h1-7,10-15,18,25,27H,8-9,16-17,19-21H2,(H,31,34)/t27-/m0/s1. The van der Waals surface area contributed by atoms with Gasteiger partial charge in [0.1, 0.15) is 11.9 Å². The van der Waals surface area contributed by atoms with E-state index >= 15 is 0 Å². The zero-order chi connectivity index (χ0) is 23.8. The van der Waals surface area contributed by atoms with Crippen molar-refractivity contribution in [2.24, 2.45) is 0 Å². The second-order valence-electron chi connectivity index (χ2n) is 8.97. The van der Waals surface area contributed by atoms with E-state index in [0.29, 0.717) is 12.0 Å². The van der Waals surface area contributed by atoms with Gasteiger partial charge in [-0.15, -0.1) is 0 Å². The summed E-state index contributed by atoms with van der Waals surface area (Å²) < 4.78 is 14.6. The van der Waals surface area contributed by atoms with Crippen molar-refractivity contribution >= 4 is 11.8 Å². The van der Waals surface area contributed by atoms with E-state index in [9.17, 15) is 14.0 Å². The molecular formula is C29H31FN2O2. The molecule has 1 aliphatic carbocycles. The number of carbonyl (C=O) groups excluding carboxylic acids is 2. The molecule has 5 heteroatoms. The normalized spacial score (nSPS) is 14.5. The highest BCUT2D eigenvalue weighted by molar-refractivity contribution is 5.89. The van der Waals surface area contributed by atoms with Gasteiger partial charge in [-0.2, -0.15) is 0 Å². The van der Waals surface area contributed by atoms with Gasteiger partial charge in [-0.25, -0.2) is 4.39 Å². The van der Waals surface area contributed by atoms with Crippen molar-refractivity contribution < 1.29 is 14.0 Å². The van der Waals surface area contributed by atoms with Crippen molar-refractivity contribution in [3.63, 3.8) is 0 Å². The lowest BCUT2D eigenvalue weighted by Gasteiger charge is -2.32. The number of benzene rings is 3. The first-order valence-electron chi connectivity index (χ1n) is 12.0. The lowest BCUT2D eigenvalue weighted by atomic mass is 10.0. The molecule has 0 bridgehead atoms. The summed E-state index contributed by atoms with van der Waals surface area (Å²) in [5.41, 5.74) is 2.22. The molecule has 0 heterocycles. The van der Waals surface area contributed by atoms with Crippen LogP contribution in [0.15, 0.2) is 84.9 Å². The summed E-state index contributed by atoms with van der Waals surface area (Å²) in [5.74, 6) is -0.750. The first kappa shape index (κ1) is 23.7. The van der Waals surface area contributed by atoms with Gasteiger partial charge < -0.3 is 10.2 Å². The Morgan fingerprint density at radius 2 is 1.44 bits per heavy atom. The number of amides is 2. The van der Waals surface area contributed by atoms with Gasteiger partial charge in [-0.1, -0.05) is 91.7 Å². The Morgan fingerprint density at radius 1 is 0.853 bits per heavy atom. The highest BCUT2D eigenvalue weighted by Gasteiger charge is 2.32. The molecule has 4 nitrogen and oxygen atoms in total. The van der Waals surface area contributed by atoms with Crippen LogP contribution in [0.25, 0.3) is 0 Å². The van der Waals surface area contributed by atoms with Crippen LogP contribution in [0, 0.1) is 5.82 Å². The van der Waals surface area contributed by atoms with Crippen LogP contribution >= 0.6 is 0 Å². The molecule has 34 heavy (non-hydrogen) atoms. The van der Waals surface area contributed by atoms with E-state index in [2.05, 4.69) is 5.32 Å². The second kappa shape index (κ2) is 11.6. The molecule has 1 aliphatic rings. The number of rotatable bonds is 9. The second-order valence-corrected chi connectivity index (χ2v) is 8.97. The molecule has 0 aromatic heterocycles. The molecule has 0 spiro atoms. The molecule has 2 amide bonds. The molecule has 1 N–H and O–H groups in total. The molecule has 1 fully saturated rings. The van der Waals surface area contributed by atoms with Gasteiger partial charge in [0.05, 0.1) is 6.42 Å². The number of hydrogen-bond donors (Lipinski definition) is 1. The van der Waals surface area contributed by atoms with Gasteiger partial charge in [-0.05, 0) is 30.0 Å². The summed E-state index contributed by atoms with van der Waals surface area (Å²) in [6, 6.07) is 25.0. The van der Waals surface area contributed by atoms with Gasteiger partial charge >= 0.3 is 0 Å². The predicted octanol–water partition coefficient (Wildman–Crippen LogP) is 5.07. The highest BCUT2D eigenvalue weighted by Crippen LogP contribution is 2.21. The maximum atomic E-state index is 14.6. The summed E-state index contributed by atoms with van der Waals surface area (Å²) in [7, 11) is 0. The Balaban J connectivity index is 1.66. The third-order valence-corrected chi connectivity index (χ3v) is 6.47. The fourth-order valence-electron chi connectivity index (χ4n) is 4.60. The van der Waals surface area contributed by atoms with Crippen LogP contribution in [0.2, 0.25) is 0 Å². The maximum Gasteiger partial charge on any atom is 0.243 e. The molecule has 0 unspecified atom stereocenters. The van der Waals surface area contributed by atoms with Crippen LogP contribution in [-0.4, -0.2) is 28.8 Å². The van der Waals surface area contributed by atoms with E-state index in [1.54, 1.807) is 23.1 Å². The van der Waals surface area contributed by atoms with Crippen LogP contribution in [-0.2, 0) is 29.0 Å². The quantitative estimate of drug-likeness (QED) is 0.487. The summed E-state index contributed by atoms with van der Waals surface area (Å²) >= 11 is 0. The SMILES string of the molecule is O=C(NC1CCCC1)[C@H](Cc1ccccc1)N(Cc1ccccc1F)C(=O)Cc1ccccc1. The first-order valence-corrected chi connectivity index (χ1v) is 12.0. The Labute approximate surface area is 200 Å². The topological polar surface area (TPSA) is 49.4 Å². The molecule has 0 saturated heterocycles. The van der Waals surface area contributed by atoms with E-state index < -0.39 is 6.04 Å². The number of carbonyl (C=O) groups is 2. The van der Waals surface area contributed by atoms with Crippen LogP contribution in [0.4, 0.5) is 4.39 Å². The molecule has 176 valence electrons. The summed E-state index contributed by atoms with van der Waals surface area (Å²) in [5, 5.41) is 3.17. The van der Waals surface area contributed by atoms with Crippen LogP contribution < -0.4 is 5.32 Å². The molecule has 0 radical (unpaired) electrons.